The SMILES string of the molecule is C=C1/C=C\C=C/C/C(c2nc(C3=CC=CC(c4cccc5oc6ccccc6c45)C3)nc(-c3ccc4sc5ccccc5c4c3)n2)=C\c2ccccc21. The number of fused-ring (bicyclic) bond motifs is 7. The Balaban J connectivity index is 1.13. The van der Waals surface area contributed by atoms with Crippen molar-refractivity contribution in [3.63, 3.8) is 0 Å². The molecule has 2 aliphatic rings. The Bertz CT molecular complexity index is 2930. The van der Waals surface area contributed by atoms with Gasteiger partial charge < -0.3 is 4.42 Å². The zero-order valence-electron chi connectivity index (χ0n) is 28.9. The highest BCUT2D eigenvalue weighted by Crippen LogP contribution is 2.41. The van der Waals surface area contributed by atoms with E-state index in [0.717, 1.165) is 56.4 Å². The Kier molecular flexibility index (Phi) is 7.66. The molecule has 1 unspecified atom stereocenters. The van der Waals surface area contributed by atoms with E-state index in [1.54, 1.807) is 0 Å². The highest BCUT2D eigenvalue weighted by Gasteiger charge is 2.23. The number of benzene rings is 5. The quantitative estimate of drug-likeness (QED) is 0.183. The Hall–Kier alpha value is -6.43. The zero-order chi connectivity index (χ0) is 35.3. The van der Waals surface area contributed by atoms with E-state index in [0.29, 0.717) is 23.9 Å². The molecule has 0 bridgehead atoms. The number of hydrogen-bond acceptors (Lipinski definition) is 5. The van der Waals surface area contributed by atoms with Crippen LogP contribution >= 0.6 is 11.3 Å². The molecular weight excluding hydrogens is 667 g/mol. The second kappa shape index (κ2) is 13.0. The van der Waals surface area contributed by atoms with Crippen LogP contribution in [0, 0.1) is 0 Å². The van der Waals surface area contributed by atoms with Gasteiger partial charge in [0, 0.05) is 48.0 Å². The zero-order valence-corrected chi connectivity index (χ0v) is 29.7. The second-order valence-electron chi connectivity index (χ2n) is 13.6. The van der Waals surface area contributed by atoms with E-state index in [1.807, 2.05) is 23.5 Å². The van der Waals surface area contributed by atoms with Gasteiger partial charge in [-0.1, -0.05) is 122 Å². The molecule has 0 aliphatic heterocycles. The summed E-state index contributed by atoms with van der Waals surface area (Å²) < 4.78 is 8.79. The molecule has 4 nitrogen and oxygen atoms in total. The van der Waals surface area contributed by atoms with Crippen molar-refractivity contribution in [2.24, 2.45) is 0 Å². The van der Waals surface area contributed by atoms with Gasteiger partial charge in [0.1, 0.15) is 11.2 Å². The number of aromatic nitrogens is 3. The number of rotatable bonds is 4. The molecule has 3 aromatic heterocycles. The van der Waals surface area contributed by atoms with E-state index in [1.165, 1.54) is 31.1 Å². The number of nitrogens with zero attached hydrogens (tertiary/aromatic N) is 3. The summed E-state index contributed by atoms with van der Waals surface area (Å²) in [5, 5.41) is 4.77. The third-order valence-electron chi connectivity index (χ3n) is 10.3. The fraction of sp³-hybridized carbons (Fsp3) is 0.0625. The fourth-order valence-corrected chi connectivity index (χ4v) is 8.77. The van der Waals surface area contributed by atoms with Crippen LogP contribution in [0.2, 0.25) is 0 Å². The van der Waals surface area contributed by atoms with Crippen molar-refractivity contribution in [3.05, 3.63) is 187 Å². The van der Waals surface area contributed by atoms with Crippen LogP contribution in [0.5, 0.6) is 0 Å². The lowest BCUT2D eigenvalue weighted by molar-refractivity contribution is 0.668. The van der Waals surface area contributed by atoms with E-state index < -0.39 is 0 Å². The maximum Gasteiger partial charge on any atom is 0.164 e. The minimum atomic E-state index is 0.123. The summed E-state index contributed by atoms with van der Waals surface area (Å²) in [6, 6.07) is 38.2. The third kappa shape index (κ3) is 5.67. The molecular formula is C48H33N3OS. The van der Waals surface area contributed by atoms with E-state index in [-0.39, 0.29) is 5.92 Å². The van der Waals surface area contributed by atoms with Crippen LogP contribution in [-0.4, -0.2) is 15.0 Å². The van der Waals surface area contributed by atoms with Crippen LogP contribution in [0.4, 0.5) is 0 Å². The Morgan fingerprint density at radius 1 is 0.660 bits per heavy atom. The minimum absolute atomic E-state index is 0.123. The summed E-state index contributed by atoms with van der Waals surface area (Å²) in [6.07, 6.45) is 18.6. The normalized spacial score (nSPS) is 18.2. The van der Waals surface area contributed by atoms with Gasteiger partial charge in [0.2, 0.25) is 0 Å². The van der Waals surface area contributed by atoms with Crippen LogP contribution in [-0.2, 0) is 0 Å². The first kappa shape index (κ1) is 31.3. The summed E-state index contributed by atoms with van der Waals surface area (Å²) in [6.45, 7) is 4.35. The highest BCUT2D eigenvalue weighted by molar-refractivity contribution is 7.25. The van der Waals surface area contributed by atoms with Gasteiger partial charge in [-0.25, -0.2) is 15.0 Å². The molecule has 8 aromatic rings. The van der Waals surface area contributed by atoms with E-state index in [4.69, 9.17) is 19.4 Å². The molecule has 5 heteroatoms. The van der Waals surface area contributed by atoms with Gasteiger partial charge in [-0.3, -0.25) is 0 Å². The highest BCUT2D eigenvalue weighted by atomic mass is 32.1. The average Bonchev–Trinajstić information content (AvgIpc) is 3.78. The first-order chi connectivity index (χ1) is 26.2. The average molecular weight is 700 g/mol. The number of furan rings is 1. The summed E-state index contributed by atoms with van der Waals surface area (Å²) in [4.78, 5) is 15.8. The monoisotopic (exact) mass is 699 g/mol. The van der Waals surface area contributed by atoms with Crippen molar-refractivity contribution in [1.82, 2.24) is 15.0 Å². The molecule has 0 radical (unpaired) electrons. The van der Waals surface area contributed by atoms with Gasteiger partial charge in [-0.05, 0) is 83.2 Å². The van der Waals surface area contributed by atoms with Gasteiger partial charge in [0.15, 0.2) is 17.5 Å². The number of hydrogen-bond donors (Lipinski definition) is 0. The second-order valence-corrected chi connectivity index (χ2v) is 14.7. The molecule has 2 aliphatic carbocycles. The Labute approximate surface area is 311 Å². The van der Waals surface area contributed by atoms with Gasteiger partial charge in [0.25, 0.3) is 0 Å². The maximum atomic E-state index is 6.27. The van der Waals surface area contributed by atoms with Crippen molar-refractivity contribution >= 4 is 76.2 Å². The number of thiophene rings is 1. The first-order valence-corrected chi connectivity index (χ1v) is 18.8. The summed E-state index contributed by atoms with van der Waals surface area (Å²) in [7, 11) is 0. The van der Waals surface area contributed by atoms with Gasteiger partial charge >= 0.3 is 0 Å². The first-order valence-electron chi connectivity index (χ1n) is 17.9. The van der Waals surface area contributed by atoms with Crippen LogP contribution in [0.1, 0.15) is 47.1 Å². The van der Waals surface area contributed by atoms with Crippen LogP contribution in [0.15, 0.2) is 163 Å². The molecule has 0 saturated carbocycles. The predicted octanol–water partition coefficient (Wildman–Crippen LogP) is 13.0. The summed E-state index contributed by atoms with van der Waals surface area (Å²) in [5.41, 5.74) is 9.24. The van der Waals surface area contributed by atoms with E-state index >= 15 is 0 Å². The van der Waals surface area contributed by atoms with Crippen LogP contribution in [0.25, 0.3) is 76.3 Å². The molecule has 5 aromatic carbocycles. The maximum absolute atomic E-state index is 6.27. The lowest BCUT2D eigenvalue weighted by Crippen LogP contribution is -2.08. The third-order valence-corrected chi connectivity index (χ3v) is 11.4. The number of allylic oxidation sites excluding steroid dienone is 10. The van der Waals surface area contributed by atoms with Crippen LogP contribution < -0.4 is 0 Å². The predicted molar refractivity (Wildman–Crippen MR) is 223 cm³/mol. The molecule has 0 fully saturated rings. The smallest absolute Gasteiger partial charge is 0.164 e. The Morgan fingerprint density at radius 2 is 1.43 bits per heavy atom. The van der Waals surface area contributed by atoms with Crippen molar-refractivity contribution in [2.45, 2.75) is 18.8 Å². The van der Waals surface area contributed by atoms with Crippen molar-refractivity contribution < 1.29 is 4.42 Å². The molecule has 1 atom stereocenters. The molecule has 3 heterocycles. The number of para-hydroxylation sites is 1. The fourth-order valence-electron chi connectivity index (χ4n) is 7.68. The standard InChI is InChI=1S/C48H33N3OS/c1-30-13-3-2-4-15-33(27-31-14-5-6-18-36(30)31)46-49-47(51-48(50-46)35-25-26-44-40(29-35)38-19-8-10-24-43(38)53-44)34-17-11-16-32(28-34)37-21-12-23-42-45(37)39-20-7-9-22-41(39)52-42/h2-14,16-27,29,32H,1,15,28H2/b4-2-,13-3-,33-27+. The topological polar surface area (TPSA) is 51.8 Å². The lowest BCUT2D eigenvalue weighted by Gasteiger charge is -2.20. The van der Waals surface area contributed by atoms with Crippen molar-refractivity contribution in [3.8, 4) is 11.4 Å². The molecule has 53 heavy (non-hydrogen) atoms. The Morgan fingerprint density at radius 3 is 2.38 bits per heavy atom. The van der Waals surface area contributed by atoms with Gasteiger partial charge in [-0.15, -0.1) is 11.3 Å². The molecule has 0 N–H and O–H groups in total. The van der Waals surface area contributed by atoms with E-state index in [9.17, 15) is 0 Å². The largest absolute Gasteiger partial charge is 0.456 e. The summed E-state index contributed by atoms with van der Waals surface area (Å²) >= 11 is 1.81. The van der Waals surface area contributed by atoms with Crippen LogP contribution in [0.3, 0.4) is 0 Å². The van der Waals surface area contributed by atoms with Crippen molar-refractivity contribution in [2.75, 3.05) is 0 Å². The minimum Gasteiger partial charge on any atom is -0.456 e. The summed E-state index contributed by atoms with van der Waals surface area (Å²) in [5.74, 6) is 2.15. The van der Waals surface area contributed by atoms with Gasteiger partial charge in [-0.2, -0.15) is 0 Å². The van der Waals surface area contributed by atoms with E-state index in [2.05, 4.69) is 152 Å². The molecule has 252 valence electrons. The molecule has 0 spiro atoms. The molecule has 10 rings (SSSR count). The van der Waals surface area contributed by atoms with Gasteiger partial charge in [0.05, 0.1) is 0 Å². The molecule has 0 saturated heterocycles. The molecule has 0 amide bonds. The lowest BCUT2D eigenvalue weighted by atomic mass is 9.85. The van der Waals surface area contributed by atoms with Crippen molar-refractivity contribution in [1.29, 1.82) is 0 Å².